The molecule has 2 fully saturated rings. The minimum absolute atomic E-state index is 0.0176. The summed E-state index contributed by atoms with van der Waals surface area (Å²) in [7, 11) is 0. The molecule has 3 aliphatic rings. The highest BCUT2D eigenvalue weighted by Crippen LogP contribution is 2.58. The lowest BCUT2D eigenvalue weighted by molar-refractivity contribution is -0.0508. The van der Waals surface area contributed by atoms with E-state index < -0.39 is 35.8 Å². The van der Waals surface area contributed by atoms with Gasteiger partial charge in [-0.2, -0.15) is 8.78 Å². The summed E-state index contributed by atoms with van der Waals surface area (Å²) in [5, 5.41) is 1.05. The maximum absolute atomic E-state index is 15.7. The average molecular weight is 505 g/mol. The van der Waals surface area contributed by atoms with Crippen molar-refractivity contribution in [1.29, 1.82) is 0 Å². The third-order valence-corrected chi connectivity index (χ3v) is 7.74. The molecule has 2 saturated heterocycles. The van der Waals surface area contributed by atoms with Crippen molar-refractivity contribution < 1.29 is 18.0 Å². The van der Waals surface area contributed by atoms with E-state index in [9.17, 15) is 8.78 Å². The zero-order valence-corrected chi connectivity index (χ0v) is 20.2. The Kier molecular flexibility index (Phi) is 6.01. The van der Waals surface area contributed by atoms with Crippen LogP contribution < -0.4 is 16.2 Å². The molecule has 4 atom stereocenters. The van der Waals surface area contributed by atoms with Crippen molar-refractivity contribution in [1.82, 2.24) is 10.0 Å². The molecular formula is C26H28ClF3N4O. The standard InChI is InChI=1S/C26H28ClF3N4O/c1-25(2,32)16-10-8-15(9-11-16)17-5-4-12-26-18(13-21(31)33(26)14-34(30)23(17)26)22-19(27)6-3-7-20(22)35-24(28)29/h3-12,18,21,23-24H,13-14,31-32H2,1-2H3/t18-,21-,23?,26?/m1/s1. The van der Waals surface area contributed by atoms with E-state index >= 15 is 4.48 Å². The molecule has 4 N–H and O–H groups in total. The molecule has 0 aromatic heterocycles. The van der Waals surface area contributed by atoms with Gasteiger partial charge >= 0.3 is 6.61 Å². The first-order chi connectivity index (χ1) is 16.5. The summed E-state index contributed by atoms with van der Waals surface area (Å²) in [6, 6.07) is 11.7. The quantitative estimate of drug-likeness (QED) is 0.553. The van der Waals surface area contributed by atoms with Crippen molar-refractivity contribution in [2.24, 2.45) is 11.5 Å². The van der Waals surface area contributed by atoms with E-state index in [1.807, 2.05) is 61.2 Å². The second kappa shape index (κ2) is 8.64. The van der Waals surface area contributed by atoms with Crippen molar-refractivity contribution in [3.8, 4) is 5.75 Å². The summed E-state index contributed by atoms with van der Waals surface area (Å²) in [4.78, 5) is 1.89. The lowest BCUT2D eigenvalue weighted by Gasteiger charge is -2.42. The third-order valence-electron chi connectivity index (χ3n) is 7.41. The Balaban J connectivity index is 1.62. The first-order valence-corrected chi connectivity index (χ1v) is 11.9. The minimum Gasteiger partial charge on any atom is -0.434 e. The van der Waals surface area contributed by atoms with Crippen molar-refractivity contribution in [3.63, 3.8) is 0 Å². The number of ether oxygens (including phenoxy) is 1. The van der Waals surface area contributed by atoms with Gasteiger partial charge in [-0.05, 0) is 49.1 Å². The van der Waals surface area contributed by atoms with Gasteiger partial charge in [0, 0.05) is 22.0 Å². The number of benzene rings is 2. The first kappa shape index (κ1) is 24.3. The lowest BCUT2D eigenvalue weighted by atomic mass is 9.70. The fraction of sp³-hybridized carbons (Fsp3) is 0.385. The van der Waals surface area contributed by atoms with Gasteiger partial charge in [0.15, 0.2) is 0 Å². The van der Waals surface area contributed by atoms with E-state index in [4.69, 9.17) is 27.8 Å². The van der Waals surface area contributed by atoms with Crippen LogP contribution in [0.15, 0.2) is 60.7 Å². The van der Waals surface area contributed by atoms with E-state index in [1.165, 1.54) is 6.07 Å². The molecule has 35 heavy (non-hydrogen) atoms. The Hall–Kier alpha value is -2.36. The predicted octanol–water partition coefficient (Wildman–Crippen LogP) is 5.13. The fourth-order valence-electron chi connectivity index (χ4n) is 5.92. The highest BCUT2D eigenvalue weighted by atomic mass is 35.5. The molecule has 0 bridgehead atoms. The molecule has 5 rings (SSSR count). The molecule has 1 aliphatic carbocycles. The van der Waals surface area contributed by atoms with Crippen LogP contribution in [-0.4, -0.2) is 41.0 Å². The van der Waals surface area contributed by atoms with Crippen LogP contribution in [0, 0.1) is 0 Å². The molecule has 186 valence electrons. The monoisotopic (exact) mass is 504 g/mol. The van der Waals surface area contributed by atoms with Crippen LogP contribution >= 0.6 is 11.6 Å². The van der Waals surface area contributed by atoms with Gasteiger partial charge in [0.05, 0.1) is 24.4 Å². The van der Waals surface area contributed by atoms with E-state index in [2.05, 4.69) is 0 Å². The molecular weight excluding hydrogens is 477 g/mol. The number of alkyl halides is 2. The Labute approximate surface area is 207 Å². The second-order valence-corrected chi connectivity index (χ2v) is 10.4. The first-order valence-electron chi connectivity index (χ1n) is 11.5. The molecule has 2 aromatic carbocycles. The van der Waals surface area contributed by atoms with E-state index in [0.29, 0.717) is 12.0 Å². The van der Waals surface area contributed by atoms with Crippen LogP contribution in [0.1, 0.15) is 42.9 Å². The Morgan fingerprint density at radius 2 is 1.89 bits per heavy atom. The number of hydrogen-bond donors (Lipinski definition) is 2. The number of rotatable bonds is 5. The summed E-state index contributed by atoms with van der Waals surface area (Å²) >= 11 is 6.57. The summed E-state index contributed by atoms with van der Waals surface area (Å²) in [5.41, 5.74) is 14.3. The highest BCUT2D eigenvalue weighted by molar-refractivity contribution is 6.31. The van der Waals surface area contributed by atoms with Crippen molar-refractivity contribution >= 4 is 17.2 Å². The topological polar surface area (TPSA) is 67.8 Å². The van der Waals surface area contributed by atoms with E-state index in [0.717, 1.165) is 21.8 Å². The lowest BCUT2D eigenvalue weighted by Crippen LogP contribution is -2.53. The Morgan fingerprint density at radius 3 is 2.54 bits per heavy atom. The molecule has 2 heterocycles. The smallest absolute Gasteiger partial charge is 0.387 e. The molecule has 1 spiro atoms. The zero-order valence-electron chi connectivity index (χ0n) is 19.5. The summed E-state index contributed by atoms with van der Waals surface area (Å²) < 4.78 is 47.1. The highest BCUT2D eigenvalue weighted by Gasteiger charge is 2.64. The third kappa shape index (κ3) is 3.88. The van der Waals surface area contributed by atoms with Crippen LogP contribution in [-0.2, 0) is 5.54 Å². The fourth-order valence-corrected chi connectivity index (χ4v) is 6.22. The number of nitrogens with zero attached hydrogens (tertiary/aromatic N) is 2. The van der Waals surface area contributed by atoms with Gasteiger partial charge < -0.3 is 16.2 Å². The van der Waals surface area contributed by atoms with Gasteiger partial charge in [0.25, 0.3) is 0 Å². The number of hydrogen-bond acceptors (Lipinski definition) is 5. The Bertz CT molecular complexity index is 1180. The van der Waals surface area contributed by atoms with Gasteiger partial charge in [0.2, 0.25) is 0 Å². The van der Waals surface area contributed by atoms with Gasteiger partial charge in [-0.25, -0.2) is 0 Å². The molecule has 9 heteroatoms. The minimum atomic E-state index is -3.02. The van der Waals surface area contributed by atoms with E-state index in [1.54, 1.807) is 12.1 Å². The molecule has 2 unspecified atom stereocenters. The van der Waals surface area contributed by atoms with Crippen LogP contribution in [0.3, 0.4) is 0 Å². The van der Waals surface area contributed by atoms with Gasteiger partial charge in [-0.3, -0.25) is 4.90 Å². The number of allylic oxidation sites excluding steroid dienone is 2. The van der Waals surface area contributed by atoms with Gasteiger partial charge in [-0.1, -0.05) is 60.2 Å². The summed E-state index contributed by atoms with van der Waals surface area (Å²) in [6.45, 7) is 0.805. The SMILES string of the molecule is CC(C)(N)c1ccc(C2=CC=CC34C2N(F)CN3[C@@H](N)C[C@@H]4c2c(Cl)cccc2OC(F)F)cc1. The number of nitrogens with two attached hydrogens (primary N) is 2. The summed E-state index contributed by atoms with van der Waals surface area (Å²) in [6.07, 6.45) is 5.60. The molecule has 2 aliphatic heterocycles. The largest absolute Gasteiger partial charge is 0.434 e. The van der Waals surface area contributed by atoms with Crippen LogP contribution in [0.25, 0.3) is 5.57 Å². The zero-order chi connectivity index (χ0) is 25.1. The van der Waals surface area contributed by atoms with Crippen molar-refractivity contribution in [3.05, 3.63) is 82.4 Å². The molecule has 2 aromatic rings. The molecule has 0 amide bonds. The molecule has 5 nitrogen and oxygen atoms in total. The van der Waals surface area contributed by atoms with Crippen LogP contribution in [0.4, 0.5) is 13.3 Å². The summed E-state index contributed by atoms with van der Waals surface area (Å²) in [5.74, 6) is -0.496. The Morgan fingerprint density at radius 1 is 1.17 bits per heavy atom. The second-order valence-electron chi connectivity index (χ2n) is 9.97. The molecule has 0 saturated carbocycles. The normalized spacial score (nSPS) is 28.8. The maximum atomic E-state index is 15.7. The predicted molar refractivity (Wildman–Crippen MR) is 130 cm³/mol. The van der Waals surface area contributed by atoms with E-state index in [-0.39, 0.29) is 17.4 Å². The van der Waals surface area contributed by atoms with Crippen molar-refractivity contribution in [2.75, 3.05) is 6.67 Å². The van der Waals surface area contributed by atoms with Gasteiger partial charge in [-0.15, -0.1) is 9.60 Å². The van der Waals surface area contributed by atoms with Crippen LogP contribution in [0.2, 0.25) is 5.02 Å². The van der Waals surface area contributed by atoms with Gasteiger partial charge in [0.1, 0.15) is 5.75 Å². The molecule has 0 radical (unpaired) electrons. The maximum Gasteiger partial charge on any atom is 0.387 e. The van der Waals surface area contributed by atoms with Crippen molar-refractivity contribution in [2.45, 2.75) is 56.1 Å². The average Bonchev–Trinajstić information content (AvgIpc) is 3.23. The van der Waals surface area contributed by atoms with Crippen LogP contribution in [0.5, 0.6) is 5.75 Å². The number of halogens is 4.